The predicted molar refractivity (Wildman–Crippen MR) is 71.5 cm³/mol. The van der Waals surface area contributed by atoms with Crippen molar-refractivity contribution >= 4 is 5.69 Å². The van der Waals surface area contributed by atoms with E-state index in [1.807, 2.05) is 6.07 Å². The third kappa shape index (κ3) is 2.19. The molecule has 17 heavy (non-hydrogen) atoms. The average Bonchev–Trinajstić information content (AvgIpc) is 2.72. The van der Waals surface area contributed by atoms with Crippen LogP contribution in [-0.2, 0) is 13.1 Å². The highest BCUT2D eigenvalue weighted by Gasteiger charge is 2.28. The van der Waals surface area contributed by atoms with Crippen LogP contribution in [0.15, 0.2) is 18.2 Å². The second kappa shape index (κ2) is 4.34. The molecule has 1 saturated carbocycles. The van der Waals surface area contributed by atoms with Crippen LogP contribution in [0, 0.1) is 5.92 Å². The molecule has 0 atom stereocenters. The van der Waals surface area contributed by atoms with Gasteiger partial charge in [0.1, 0.15) is 0 Å². The summed E-state index contributed by atoms with van der Waals surface area (Å²) in [5.74, 6) is 0.937. The van der Waals surface area contributed by atoms with Crippen molar-refractivity contribution in [1.82, 2.24) is 4.90 Å². The summed E-state index contributed by atoms with van der Waals surface area (Å²) < 4.78 is 0. The van der Waals surface area contributed by atoms with E-state index in [2.05, 4.69) is 24.0 Å². The molecule has 0 unspecified atom stereocenters. The van der Waals surface area contributed by atoms with Gasteiger partial charge in [-0.05, 0) is 54.9 Å². The summed E-state index contributed by atoms with van der Waals surface area (Å²) in [6.45, 7) is 4.63. The zero-order chi connectivity index (χ0) is 11.8. The van der Waals surface area contributed by atoms with Gasteiger partial charge in [0.15, 0.2) is 0 Å². The zero-order valence-corrected chi connectivity index (χ0v) is 10.7. The summed E-state index contributed by atoms with van der Waals surface area (Å²) in [5, 5.41) is 0. The van der Waals surface area contributed by atoms with E-state index in [4.69, 9.17) is 5.73 Å². The lowest BCUT2D eigenvalue weighted by molar-refractivity contribution is 0.139. The molecule has 0 saturated heterocycles. The largest absolute Gasteiger partial charge is 0.399 e. The van der Waals surface area contributed by atoms with Crippen molar-refractivity contribution < 1.29 is 0 Å². The molecule has 0 spiro atoms. The quantitative estimate of drug-likeness (QED) is 0.751. The Morgan fingerprint density at radius 3 is 2.53 bits per heavy atom. The van der Waals surface area contributed by atoms with E-state index in [9.17, 15) is 0 Å². The topological polar surface area (TPSA) is 29.3 Å². The lowest BCUT2D eigenvalue weighted by Crippen LogP contribution is -2.33. The van der Waals surface area contributed by atoms with Gasteiger partial charge in [-0.2, -0.15) is 0 Å². The van der Waals surface area contributed by atoms with Gasteiger partial charge in [0.2, 0.25) is 0 Å². The first-order valence-corrected chi connectivity index (χ1v) is 6.83. The number of nitrogens with two attached hydrogens (primary N) is 1. The van der Waals surface area contributed by atoms with Gasteiger partial charge in [0.25, 0.3) is 0 Å². The minimum Gasteiger partial charge on any atom is -0.399 e. The summed E-state index contributed by atoms with van der Waals surface area (Å²) in [4.78, 5) is 2.65. The molecular weight excluding hydrogens is 208 g/mol. The molecule has 1 fully saturated rings. The minimum atomic E-state index is 0.805. The lowest BCUT2D eigenvalue weighted by atomic mass is 9.87. The molecular formula is C15H22N2. The molecule has 2 heteroatoms. The highest BCUT2D eigenvalue weighted by molar-refractivity contribution is 5.46. The average molecular weight is 230 g/mol. The van der Waals surface area contributed by atoms with E-state index in [0.717, 1.165) is 30.7 Å². The Balaban J connectivity index is 1.69. The number of rotatable bonds is 1. The third-order valence-electron chi connectivity index (χ3n) is 4.48. The van der Waals surface area contributed by atoms with Crippen molar-refractivity contribution in [3.8, 4) is 0 Å². The number of hydrogen-bond donors (Lipinski definition) is 1. The van der Waals surface area contributed by atoms with Gasteiger partial charge in [-0.25, -0.2) is 0 Å². The van der Waals surface area contributed by atoms with Crippen molar-refractivity contribution in [2.75, 3.05) is 5.73 Å². The standard InChI is InChI=1S/C15H22N2/c1-11-2-6-15(7-3-11)17-9-12-4-5-14(16)8-13(12)10-17/h4-5,8,11,15H,2-3,6-7,9-10,16H2,1H3. The molecule has 0 bridgehead atoms. The molecule has 1 aliphatic heterocycles. The summed E-state index contributed by atoms with van der Waals surface area (Å²) in [6, 6.07) is 7.20. The fraction of sp³-hybridized carbons (Fsp3) is 0.600. The van der Waals surface area contributed by atoms with Crippen LogP contribution in [0.4, 0.5) is 5.69 Å². The molecule has 0 radical (unpaired) electrons. The summed E-state index contributed by atoms with van der Waals surface area (Å²) >= 11 is 0. The molecule has 92 valence electrons. The van der Waals surface area contributed by atoms with Crippen molar-refractivity contribution in [3.63, 3.8) is 0 Å². The highest BCUT2D eigenvalue weighted by atomic mass is 15.2. The minimum absolute atomic E-state index is 0.805. The first-order valence-electron chi connectivity index (χ1n) is 6.83. The van der Waals surface area contributed by atoms with Crippen LogP contribution < -0.4 is 5.73 Å². The third-order valence-corrected chi connectivity index (χ3v) is 4.48. The van der Waals surface area contributed by atoms with Crippen LogP contribution in [0.2, 0.25) is 0 Å². The van der Waals surface area contributed by atoms with Crippen molar-refractivity contribution in [1.29, 1.82) is 0 Å². The predicted octanol–water partition coefficient (Wildman–Crippen LogP) is 3.16. The molecule has 0 aromatic heterocycles. The van der Waals surface area contributed by atoms with Gasteiger partial charge in [-0.3, -0.25) is 4.90 Å². The Kier molecular flexibility index (Phi) is 2.83. The van der Waals surface area contributed by atoms with Gasteiger partial charge >= 0.3 is 0 Å². The van der Waals surface area contributed by atoms with E-state index in [1.165, 1.54) is 36.8 Å². The Labute approximate surface area is 104 Å². The monoisotopic (exact) mass is 230 g/mol. The number of fused-ring (bicyclic) bond motifs is 1. The van der Waals surface area contributed by atoms with Gasteiger partial charge in [-0.15, -0.1) is 0 Å². The van der Waals surface area contributed by atoms with Crippen molar-refractivity contribution in [3.05, 3.63) is 29.3 Å². The molecule has 2 N–H and O–H groups in total. The Morgan fingerprint density at radius 2 is 1.76 bits per heavy atom. The van der Waals surface area contributed by atoms with Gasteiger partial charge < -0.3 is 5.73 Å². The van der Waals surface area contributed by atoms with Crippen LogP contribution in [-0.4, -0.2) is 10.9 Å². The number of nitrogen functional groups attached to an aromatic ring is 1. The second-order valence-electron chi connectivity index (χ2n) is 5.85. The number of anilines is 1. The maximum atomic E-state index is 5.85. The molecule has 1 aliphatic carbocycles. The van der Waals surface area contributed by atoms with Gasteiger partial charge in [0, 0.05) is 24.8 Å². The van der Waals surface area contributed by atoms with Crippen LogP contribution in [0.5, 0.6) is 0 Å². The van der Waals surface area contributed by atoms with E-state index >= 15 is 0 Å². The summed E-state index contributed by atoms with van der Waals surface area (Å²) in [5.41, 5.74) is 9.69. The Hall–Kier alpha value is -1.02. The van der Waals surface area contributed by atoms with Crippen LogP contribution in [0.1, 0.15) is 43.7 Å². The molecule has 1 aromatic carbocycles. The van der Waals surface area contributed by atoms with Gasteiger partial charge in [0.05, 0.1) is 0 Å². The lowest BCUT2D eigenvalue weighted by Gasteiger charge is -2.33. The fourth-order valence-electron chi connectivity index (χ4n) is 3.31. The summed E-state index contributed by atoms with van der Waals surface area (Å²) in [6.07, 6.45) is 5.56. The molecule has 1 aromatic rings. The first-order chi connectivity index (χ1) is 8.22. The van der Waals surface area contributed by atoms with Gasteiger partial charge in [-0.1, -0.05) is 13.0 Å². The molecule has 2 aliphatic rings. The van der Waals surface area contributed by atoms with Crippen LogP contribution in [0.3, 0.4) is 0 Å². The molecule has 3 rings (SSSR count). The molecule has 0 amide bonds. The highest BCUT2D eigenvalue weighted by Crippen LogP contribution is 2.33. The normalized spacial score (nSPS) is 29.2. The first kappa shape index (κ1) is 11.1. The van der Waals surface area contributed by atoms with Crippen LogP contribution in [0.25, 0.3) is 0 Å². The Morgan fingerprint density at radius 1 is 1.06 bits per heavy atom. The molecule has 2 nitrogen and oxygen atoms in total. The fourth-order valence-corrected chi connectivity index (χ4v) is 3.31. The van der Waals surface area contributed by atoms with Crippen LogP contribution >= 0.6 is 0 Å². The second-order valence-corrected chi connectivity index (χ2v) is 5.85. The SMILES string of the molecule is CC1CCC(N2Cc3ccc(N)cc3C2)CC1. The van der Waals surface area contributed by atoms with Crippen molar-refractivity contribution in [2.24, 2.45) is 5.92 Å². The number of nitrogens with zero attached hydrogens (tertiary/aromatic N) is 1. The number of hydrogen-bond acceptors (Lipinski definition) is 2. The van der Waals surface area contributed by atoms with E-state index in [-0.39, 0.29) is 0 Å². The van der Waals surface area contributed by atoms with Crippen molar-refractivity contribution in [2.45, 2.75) is 51.7 Å². The smallest absolute Gasteiger partial charge is 0.0317 e. The molecule has 1 heterocycles. The van der Waals surface area contributed by atoms with E-state index in [1.54, 1.807) is 0 Å². The maximum Gasteiger partial charge on any atom is 0.0317 e. The maximum absolute atomic E-state index is 5.85. The number of benzene rings is 1. The van der Waals surface area contributed by atoms with E-state index in [0.29, 0.717) is 0 Å². The zero-order valence-electron chi connectivity index (χ0n) is 10.7. The van der Waals surface area contributed by atoms with E-state index < -0.39 is 0 Å². The Bertz CT molecular complexity index is 405. The summed E-state index contributed by atoms with van der Waals surface area (Å²) in [7, 11) is 0.